The second-order valence-corrected chi connectivity index (χ2v) is 9.04. The number of benzene rings is 2. The maximum atomic E-state index is 13.2. The van der Waals surface area contributed by atoms with Crippen LogP contribution in [-0.2, 0) is 16.4 Å². The van der Waals surface area contributed by atoms with Gasteiger partial charge < -0.3 is 4.90 Å². The van der Waals surface area contributed by atoms with Gasteiger partial charge in [0.1, 0.15) is 0 Å². The fourth-order valence-corrected chi connectivity index (χ4v) is 4.61. The molecule has 0 unspecified atom stereocenters. The topological polar surface area (TPSA) is 37.4 Å². The average Bonchev–Trinajstić information content (AvgIpc) is 2.67. The molecule has 2 aromatic carbocycles. The van der Waals surface area contributed by atoms with Gasteiger partial charge >= 0.3 is 0 Å². The minimum absolute atomic E-state index is 0.365. The SMILES string of the molecule is Cc1ccc(S(=O)(=O)/C2=C/N(Cc3ccccc3)CCCC/C=C\C2)cc1. The molecule has 2 aromatic rings. The first-order valence-corrected chi connectivity index (χ1v) is 11.0. The van der Waals surface area contributed by atoms with Crippen LogP contribution in [0.15, 0.2) is 82.7 Å². The number of sulfone groups is 1. The molecule has 0 saturated heterocycles. The highest BCUT2D eigenvalue weighted by Gasteiger charge is 2.21. The standard InChI is InChI=1S/C23H27NO2S/c1-20-13-15-22(16-14-20)27(25,26)23-12-8-3-2-4-9-17-24(19-23)18-21-10-6-5-7-11-21/h3,5-8,10-11,13-16,19H,2,4,9,12,17-18H2,1H3/b8-3-,23-19+. The molecule has 142 valence electrons. The van der Waals surface area contributed by atoms with E-state index in [9.17, 15) is 8.42 Å². The Morgan fingerprint density at radius 1 is 0.926 bits per heavy atom. The molecule has 0 spiro atoms. The number of aryl methyl sites for hydroxylation is 1. The van der Waals surface area contributed by atoms with Crippen LogP contribution in [0.1, 0.15) is 36.8 Å². The summed E-state index contributed by atoms with van der Waals surface area (Å²) in [5, 5.41) is 0. The Hall–Kier alpha value is -2.33. The monoisotopic (exact) mass is 381 g/mol. The van der Waals surface area contributed by atoms with Gasteiger partial charge in [-0.05, 0) is 43.9 Å². The van der Waals surface area contributed by atoms with Crippen LogP contribution < -0.4 is 0 Å². The first kappa shape index (κ1) is 19.4. The van der Waals surface area contributed by atoms with Gasteiger partial charge in [0.2, 0.25) is 9.84 Å². The lowest BCUT2D eigenvalue weighted by Crippen LogP contribution is -2.21. The van der Waals surface area contributed by atoms with E-state index in [-0.39, 0.29) is 0 Å². The smallest absolute Gasteiger partial charge is 0.204 e. The second kappa shape index (κ2) is 9.05. The molecule has 3 rings (SSSR count). The molecule has 0 atom stereocenters. The highest BCUT2D eigenvalue weighted by molar-refractivity contribution is 7.95. The summed E-state index contributed by atoms with van der Waals surface area (Å²) in [4.78, 5) is 2.97. The van der Waals surface area contributed by atoms with Crippen LogP contribution in [0.3, 0.4) is 0 Å². The third-order valence-corrected chi connectivity index (χ3v) is 6.64. The van der Waals surface area contributed by atoms with E-state index in [2.05, 4.69) is 23.1 Å². The van der Waals surface area contributed by atoms with E-state index >= 15 is 0 Å². The first-order valence-electron chi connectivity index (χ1n) is 9.51. The van der Waals surface area contributed by atoms with Gasteiger partial charge in [0.25, 0.3) is 0 Å². The fraction of sp³-hybridized carbons (Fsp3) is 0.304. The van der Waals surface area contributed by atoms with Gasteiger partial charge in [-0.3, -0.25) is 0 Å². The van der Waals surface area contributed by atoms with Crippen LogP contribution in [0, 0.1) is 6.92 Å². The Kier molecular flexibility index (Phi) is 6.51. The van der Waals surface area contributed by atoms with Crippen molar-refractivity contribution in [2.24, 2.45) is 0 Å². The van der Waals surface area contributed by atoms with Crippen LogP contribution in [-0.4, -0.2) is 19.9 Å². The predicted octanol–water partition coefficient (Wildman–Crippen LogP) is 5.24. The molecule has 3 nitrogen and oxygen atoms in total. The number of allylic oxidation sites excluding steroid dienone is 3. The Bertz CT molecular complexity index is 897. The summed E-state index contributed by atoms with van der Waals surface area (Å²) in [6.45, 7) is 3.54. The van der Waals surface area contributed by atoms with Crippen molar-refractivity contribution in [1.29, 1.82) is 0 Å². The van der Waals surface area contributed by atoms with Gasteiger partial charge in [-0.2, -0.15) is 0 Å². The number of rotatable bonds is 4. The molecule has 0 fully saturated rings. The van der Waals surface area contributed by atoms with E-state index in [1.54, 1.807) is 12.1 Å². The Morgan fingerprint density at radius 2 is 1.67 bits per heavy atom. The number of hydrogen-bond donors (Lipinski definition) is 0. The van der Waals surface area contributed by atoms with E-state index in [0.717, 1.165) is 37.9 Å². The maximum Gasteiger partial charge on any atom is 0.204 e. The van der Waals surface area contributed by atoms with Crippen molar-refractivity contribution in [3.63, 3.8) is 0 Å². The van der Waals surface area contributed by atoms with Gasteiger partial charge in [-0.25, -0.2) is 8.42 Å². The molecule has 0 aliphatic carbocycles. The zero-order valence-corrected chi connectivity index (χ0v) is 16.7. The minimum atomic E-state index is -3.50. The van der Waals surface area contributed by atoms with Crippen LogP contribution in [0.5, 0.6) is 0 Å². The molecule has 4 heteroatoms. The molecule has 0 radical (unpaired) electrons. The van der Waals surface area contributed by atoms with E-state index in [0.29, 0.717) is 16.2 Å². The summed E-state index contributed by atoms with van der Waals surface area (Å²) in [6, 6.07) is 17.3. The van der Waals surface area contributed by atoms with Gasteiger partial charge in [0, 0.05) is 25.7 Å². The van der Waals surface area contributed by atoms with E-state index in [1.807, 2.05) is 49.5 Å². The molecular weight excluding hydrogens is 354 g/mol. The van der Waals surface area contributed by atoms with Crippen LogP contribution in [0.2, 0.25) is 0 Å². The van der Waals surface area contributed by atoms with Gasteiger partial charge in [0.05, 0.1) is 9.80 Å². The molecule has 0 amide bonds. The van der Waals surface area contributed by atoms with Crippen LogP contribution in [0.25, 0.3) is 0 Å². The summed E-state index contributed by atoms with van der Waals surface area (Å²) in [6.07, 6.45) is 9.55. The summed E-state index contributed by atoms with van der Waals surface area (Å²) in [7, 11) is -3.50. The number of nitrogens with zero attached hydrogens (tertiary/aromatic N) is 1. The van der Waals surface area contributed by atoms with E-state index in [1.165, 1.54) is 5.56 Å². The third-order valence-electron chi connectivity index (χ3n) is 4.78. The lowest BCUT2D eigenvalue weighted by atomic mass is 10.1. The predicted molar refractivity (Wildman–Crippen MR) is 111 cm³/mol. The highest BCUT2D eigenvalue weighted by atomic mass is 32.2. The molecule has 1 heterocycles. The van der Waals surface area contributed by atoms with Gasteiger partial charge in [-0.15, -0.1) is 0 Å². The molecule has 1 aliphatic rings. The highest BCUT2D eigenvalue weighted by Crippen LogP contribution is 2.25. The minimum Gasteiger partial charge on any atom is -0.372 e. The molecule has 27 heavy (non-hydrogen) atoms. The van der Waals surface area contributed by atoms with Crippen molar-refractivity contribution in [2.75, 3.05) is 6.54 Å². The largest absolute Gasteiger partial charge is 0.372 e. The van der Waals surface area contributed by atoms with Crippen molar-refractivity contribution in [2.45, 2.75) is 44.0 Å². The molecule has 1 aliphatic heterocycles. The normalized spacial score (nSPS) is 19.1. The summed E-state index contributed by atoms with van der Waals surface area (Å²) >= 11 is 0. The third kappa shape index (κ3) is 5.33. The fourth-order valence-electron chi connectivity index (χ4n) is 3.21. The lowest BCUT2D eigenvalue weighted by molar-refractivity contribution is 0.356. The molecule has 0 N–H and O–H groups in total. The Morgan fingerprint density at radius 3 is 2.41 bits per heavy atom. The summed E-state index contributed by atoms with van der Waals surface area (Å²) in [5.74, 6) is 0. The first-order chi connectivity index (χ1) is 13.1. The van der Waals surface area contributed by atoms with Crippen molar-refractivity contribution in [3.05, 3.63) is 89.0 Å². The molecule has 0 saturated carbocycles. The number of hydrogen-bond acceptors (Lipinski definition) is 3. The average molecular weight is 382 g/mol. The maximum absolute atomic E-state index is 13.2. The molecule has 0 aromatic heterocycles. The Labute approximate surface area is 163 Å². The van der Waals surface area contributed by atoms with Crippen LogP contribution >= 0.6 is 0 Å². The van der Waals surface area contributed by atoms with E-state index in [4.69, 9.17) is 0 Å². The van der Waals surface area contributed by atoms with Crippen molar-refractivity contribution >= 4 is 9.84 Å². The lowest BCUT2D eigenvalue weighted by Gasteiger charge is -2.23. The van der Waals surface area contributed by atoms with Crippen molar-refractivity contribution in [1.82, 2.24) is 4.90 Å². The van der Waals surface area contributed by atoms with Gasteiger partial charge in [0.15, 0.2) is 0 Å². The van der Waals surface area contributed by atoms with Gasteiger partial charge in [-0.1, -0.05) is 60.2 Å². The zero-order valence-electron chi connectivity index (χ0n) is 15.8. The van der Waals surface area contributed by atoms with E-state index < -0.39 is 9.84 Å². The zero-order chi connectivity index (χ0) is 19.1. The molecular formula is C23H27NO2S. The Balaban J connectivity index is 1.95. The van der Waals surface area contributed by atoms with Crippen molar-refractivity contribution < 1.29 is 8.42 Å². The van der Waals surface area contributed by atoms with Crippen LogP contribution in [0.4, 0.5) is 0 Å². The summed E-state index contributed by atoms with van der Waals surface area (Å²) < 4.78 is 26.5. The quantitative estimate of drug-likeness (QED) is 0.680. The molecule has 0 bridgehead atoms. The summed E-state index contributed by atoms with van der Waals surface area (Å²) in [5.41, 5.74) is 2.24. The van der Waals surface area contributed by atoms with Crippen molar-refractivity contribution in [3.8, 4) is 0 Å². The second-order valence-electron chi connectivity index (χ2n) is 7.04.